The third kappa shape index (κ3) is 5.15. The van der Waals surface area contributed by atoms with Crippen molar-refractivity contribution < 1.29 is 22.8 Å². The molecular weight excluding hydrogens is 269 g/mol. The molecule has 0 fully saturated rings. The fourth-order valence-corrected chi connectivity index (χ4v) is 1.81. The maximum absolute atomic E-state index is 12.5. The number of benzene rings is 1. The molecular formula is C15H17F3O2. The van der Waals surface area contributed by atoms with Gasteiger partial charge >= 0.3 is 6.18 Å². The zero-order valence-electron chi connectivity index (χ0n) is 11.3. The summed E-state index contributed by atoms with van der Waals surface area (Å²) in [6, 6.07) is 4.18. The van der Waals surface area contributed by atoms with Gasteiger partial charge in [-0.3, -0.25) is 9.59 Å². The van der Waals surface area contributed by atoms with Gasteiger partial charge in [0.05, 0.1) is 12.0 Å². The predicted molar refractivity (Wildman–Crippen MR) is 69.5 cm³/mol. The van der Waals surface area contributed by atoms with Crippen molar-refractivity contribution in [2.45, 2.75) is 45.2 Å². The number of rotatable bonds is 7. The molecule has 0 aliphatic carbocycles. The van der Waals surface area contributed by atoms with Gasteiger partial charge in [0, 0.05) is 12.0 Å². The topological polar surface area (TPSA) is 34.1 Å². The number of carbonyl (C=O) groups excluding carboxylic acids is 2. The van der Waals surface area contributed by atoms with E-state index in [1.807, 2.05) is 6.92 Å². The number of unbranched alkanes of at least 4 members (excludes halogenated alkanes) is 2. The van der Waals surface area contributed by atoms with Crippen molar-refractivity contribution in [3.63, 3.8) is 0 Å². The first-order chi connectivity index (χ1) is 9.34. The van der Waals surface area contributed by atoms with Gasteiger partial charge in [0.15, 0.2) is 5.78 Å². The number of hydrogen-bond donors (Lipinski definition) is 0. The first-order valence-electron chi connectivity index (χ1n) is 6.56. The van der Waals surface area contributed by atoms with Crippen LogP contribution in [0.25, 0.3) is 0 Å². The molecule has 110 valence electrons. The van der Waals surface area contributed by atoms with E-state index in [9.17, 15) is 22.8 Å². The van der Waals surface area contributed by atoms with Crippen LogP contribution in [0, 0.1) is 0 Å². The quantitative estimate of drug-likeness (QED) is 0.422. The summed E-state index contributed by atoms with van der Waals surface area (Å²) in [5.41, 5.74) is -0.939. The van der Waals surface area contributed by atoms with Crippen LogP contribution in [0.2, 0.25) is 0 Å². The Kier molecular flexibility index (Phi) is 5.92. The number of ketones is 2. The minimum Gasteiger partial charge on any atom is -0.299 e. The van der Waals surface area contributed by atoms with Crippen molar-refractivity contribution in [3.05, 3.63) is 35.4 Å². The monoisotopic (exact) mass is 286 g/mol. The van der Waals surface area contributed by atoms with Crippen molar-refractivity contribution in [2.24, 2.45) is 0 Å². The molecule has 0 radical (unpaired) electrons. The molecule has 0 saturated carbocycles. The fraction of sp³-hybridized carbons (Fsp3) is 0.467. The summed E-state index contributed by atoms with van der Waals surface area (Å²) in [5.74, 6) is -0.779. The van der Waals surface area contributed by atoms with Gasteiger partial charge in [-0.2, -0.15) is 13.2 Å². The highest BCUT2D eigenvalue weighted by Crippen LogP contribution is 2.29. The molecule has 0 aliphatic heterocycles. The molecule has 5 heteroatoms. The summed E-state index contributed by atoms with van der Waals surface area (Å²) in [4.78, 5) is 23.3. The Morgan fingerprint density at radius 2 is 1.85 bits per heavy atom. The second-order valence-electron chi connectivity index (χ2n) is 4.67. The molecule has 1 rings (SSSR count). The van der Waals surface area contributed by atoms with Crippen molar-refractivity contribution in [1.82, 2.24) is 0 Å². The Hall–Kier alpha value is -1.65. The van der Waals surface area contributed by atoms with E-state index in [0.717, 1.165) is 25.0 Å². The normalized spacial score (nSPS) is 11.4. The van der Waals surface area contributed by atoms with Gasteiger partial charge < -0.3 is 0 Å². The lowest BCUT2D eigenvalue weighted by molar-refractivity contribution is -0.137. The Morgan fingerprint density at radius 3 is 2.45 bits per heavy atom. The van der Waals surface area contributed by atoms with Crippen LogP contribution in [-0.2, 0) is 11.0 Å². The molecule has 0 aliphatic rings. The van der Waals surface area contributed by atoms with Gasteiger partial charge in [0.2, 0.25) is 0 Å². The van der Waals surface area contributed by atoms with Crippen LogP contribution in [0.1, 0.15) is 54.9 Å². The van der Waals surface area contributed by atoms with Crippen LogP contribution < -0.4 is 0 Å². The summed E-state index contributed by atoms with van der Waals surface area (Å²) in [6.07, 6.45) is -1.92. The van der Waals surface area contributed by atoms with E-state index in [1.54, 1.807) is 0 Å². The Morgan fingerprint density at radius 1 is 1.15 bits per heavy atom. The smallest absolute Gasteiger partial charge is 0.299 e. The minimum absolute atomic E-state index is 0.0660. The molecule has 0 N–H and O–H groups in total. The van der Waals surface area contributed by atoms with Gasteiger partial charge in [-0.15, -0.1) is 0 Å². The molecule has 0 heterocycles. The Bertz CT molecular complexity index is 478. The predicted octanol–water partition coefficient (Wildman–Crippen LogP) is 4.43. The molecule has 0 atom stereocenters. The van der Waals surface area contributed by atoms with E-state index in [2.05, 4.69) is 0 Å². The number of carbonyl (C=O) groups is 2. The maximum Gasteiger partial charge on any atom is 0.416 e. The molecule has 0 bridgehead atoms. The Balaban J connectivity index is 2.66. The third-order valence-electron chi connectivity index (χ3n) is 2.93. The molecule has 0 amide bonds. The van der Waals surface area contributed by atoms with Crippen LogP contribution in [0.3, 0.4) is 0 Å². The van der Waals surface area contributed by atoms with Crippen molar-refractivity contribution in [1.29, 1.82) is 0 Å². The molecule has 2 nitrogen and oxygen atoms in total. The molecule has 1 aromatic carbocycles. The van der Waals surface area contributed by atoms with Gasteiger partial charge in [0.25, 0.3) is 0 Å². The lowest BCUT2D eigenvalue weighted by Gasteiger charge is -2.08. The molecule has 0 aromatic heterocycles. The second-order valence-corrected chi connectivity index (χ2v) is 4.67. The number of alkyl halides is 3. The van der Waals surface area contributed by atoms with E-state index >= 15 is 0 Å². The minimum atomic E-state index is -4.48. The SMILES string of the molecule is CCCCCC(=O)CC(=O)c1cccc(C(F)(F)F)c1. The first kappa shape index (κ1) is 16.4. The lowest BCUT2D eigenvalue weighted by Crippen LogP contribution is -2.10. The lowest BCUT2D eigenvalue weighted by atomic mass is 10.0. The summed E-state index contributed by atoms with van der Waals surface area (Å²) >= 11 is 0. The van der Waals surface area contributed by atoms with Crippen molar-refractivity contribution in [3.8, 4) is 0 Å². The zero-order chi connectivity index (χ0) is 15.2. The molecule has 20 heavy (non-hydrogen) atoms. The van der Waals surface area contributed by atoms with Crippen molar-refractivity contribution in [2.75, 3.05) is 0 Å². The largest absolute Gasteiger partial charge is 0.416 e. The first-order valence-corrected chi connectivity index (χ1v) is 6.56. The van der Waals surface area contributed by atoms with E-state index in [4.69, 9.17) is 0 Å². The maximum atomic E-state index is 12.5. The average Bonchev–Trinajstić information content (AvgIpc) is 2.38. The van der Waals surface area contributed by atoms with Gasteiger partial charge in [-0.25, -0.2) is 0 Å². The molecule has 0 spiro atoms. The highest BCUT2D eigenvalue weighted by molar-refractivity contribution is 6.08. The number of hydrogen-bond acceptors (Lipinski definition) is 2. The van der Waals surface area contributed by atoms with Crippen LogP contribution in [0.4, 0.5) is 13.2 Å². The molecule has 0 unspecified atom stereocenters. The molecule has 1 aromatic rings. The number of halogens is 3. The van der Waals surface area contributed by atoms with Crippen LogP contribution in [0.15, 0.2) is 24.3 Å². The average molecular weight is 286 g/mol. The second kappa shape index (κ2) is 7.22. The van der Waals surface area contributed by atoms with Gasteiger partial charge in [-0.1, -0.05) is 31.9 Å². The fourth-order valence-electron chi connectivity index (χ4n) is 1.81. The standard InChI is InChI=1S/C15H17F3O2/c1-2-3-4-8-13(19)10-14(20)11-6-5-7-12(9-11)15(16,17)18/h5-7,9H,2-4,8,10H2,1H3. The summed E-state index contributed by atoms with van der Waals surface area (Å²) in [7, 11) is 0. The highest BCUT2D eigenvalue weighted by Gasteiger charge is 2.30. The van der Waals surface area contributed by atoms with E-state index < -0.39 is 17.5 Å². The third-order valence-corrected chi connectivity index (χ3v) is 2.93. The van der Waals surface area contributed by atoms with Crippen LogP contribution in [0.5, 0.6) is 0 Å². The van der Waals surface area contributed by atoms with Crippen LogP contribution in [-0.4, -0.2) is 11.6 Å². The summed E-state index contributed by atoms with van der Waals surface area (Å²) in [6.45, 7) is 2.00. The molecule has 0 saturated heterocycles. The van der Waals surface area contributed by atoms with Crippen molar-refractivity contribution >= 4 is 11.6 Å². The van der Waals surface area contributed by atoms with Gasteiger partial charge in [0.1, 0.15) is 5.78 Å². The van der Waals surface area contributed by atoms with Crippen LogP contribution >= 0.6 is 0 Å². The van der Waals surface area contributed by atoms with E-state index in [-0.39, 0.29) is 17.8 Å². The van der Waals surface area contributed by atoms with E-state index in [0.29, 0.717) is 12.8 Å². The van der Waals surface area contributed by atoms with Gasteiger partial charge in [-0.05, 0) is 18.6 Å². The van der Waals surface area contributed by atoms with E-state index in [1.165, 1.54) is 12.1 Å². The Labute approximate surface area is 116 Å². The number of Topliss-reactive ketones (excluding diaryl/α,β-unsaturated/α-hetero) is 2. The summed E-state index contributed by atoms with van der Waals surface area (Å²) < 4.78 is 37.6. The highest BCUT2D eigenvalue weighted by atomic mass is 19.4. The summed E-state index contributed by atoms with van der Waals surface area (Å²) in [5, 5.41) is 0. The zero-order valence-corrected chi connectivity index (χ0v) is 11.3.